The van der Waals surface area contributed by atoms with Crippen LogP contribution in [0, 0.1) is 0 Å². The van der Waals surface area contributed by atoms with Crippen molar-refractivity contribution in [2.75, 3.05) is 5.73 Å². The summed E-state index contributed by atoms with van der Waals surface area (Å²) in [5, 5.41) is 0. The first-order valence-corrected chi connectivity index (χ1v) is 8.89. The van der Waals surface area contributed by atoms with E-state index in [4.69, 9.17) is 5.73 Å². The highest BCUT2D eigenvalue weighted by Gasteiger charge is 2.19. The highest BCUT2D eigenvalue weighted by molar-refractivity contribution is 6.14. The van der Waals surface area contributed by atoms with E-state index in [1.165, 1.54) is 0 Å². The molecule has 0 radical (unpaired) electrons. The molecule has 27 heavy (non-hydrogen) atoms. The van der Waals surface area contributed by atoms with Crippen LogP contribution in [0.25, 0.3) is 22.3 Å². The zero-order chi connectivity index (χ0) is 18.6. The minimum Gasteiger partial charge on any atom is -0.398 e. The van der Waals surface area contributed by atoms with E-state index in [-0.39, 0.29) is 5.78 Å². The molecular weight excluding hydrogens is 330 g/mol. The monoisotopic (exact) mass is 349 g/mol. The minimum absolute atomic E-state index is 0.0649. The number of hydrogen-bond donors (Lipinski definition) is 1. The molecule has 0 fully saturated rings. The molecule has 0 saturated heterocycles. The van der Waals surface area contributed by atoms with Gasteiger partial charge in [-0.3, -0.25) is 4.79 Å². The fraction of sp³-hybridized carbons (Fsp3) is 0. The molecule has 0 atom stereocenters. The number of anilines is 1. The molecule has 0 aliphatic carbocycles. The van der Waals surface area contributed by atoms with Crippen LogP contribution in [-0.2, 0) is 0 Å². The maximum absolute atomic E-state index is 13.0. The summed E-state index contributed by atoms with van der Waals surface area (Å²) in [4.78, 5) is 13.0. The highest BCUT2D eigenvalue weighted by Crippen LogP contribution is 2.39. The van der Waals surface area contributed by atoms with Gasteiger partial charge in [0.05, 0.1) is 5.69 Å². The quantitative estimate of drug-likeness (QED) is 0.372. The van der Waals surface area contributed by atoms with Crippen molar-refractivity contribution in [3.63, 3.8) is 0 Å². The van der Waals surface area contributed by atoms with Gasteiger partial charge in [0.2, 0.25) is 0 Å². The van der Waals surface area contributed by atoms with E-state index in [9.17, 15) is 4.79 Å². The van der Waals surface area contributed by atoms with E-state index >= 15 is 0 Å². The number of nitrogen functional groups attached to an aromatic ring is 1. The van der Waals surface area contributed by atoms with Gasteiger partial charge in [-0.15, -0.1) is 0 Å². The van der Waals surface area contributed by atoms with Gasteiger partial charge in [0.1, 0.15) is 0 Å². The Morgan fingerprint density at radius 1 is 0.593 bits per heavy atom. The lowest BCUT2D eigenvalue weighted by molar-refractivity contribution is 0.103. The van der Waals surface area contributed by atoms with Crippen molar-refractivity contribution in [1.82, 2.24) is 0 Å². The Morgan fingerprint density at radius 3 is 1.70 bits per heavy atom. The first kappa shape index (κ1) is 16.8. The van der Waals surface area contributed by atoms with Gasteiger partial charge in [-0.25, -0.2) is 0 Å². The standard InChI is InChI=1S/C25H19NO/c26-24-22(25(27)20-14-8-3-9-15-20)17-16-21(18-10-4-1-5-11-18)23(24)19-12-6-2-7-13-19/h1-17H,26H2. The third kappa shape index (κ3) is 3.25. The van der Waals surface area contributed by atoms with E-state index in [0.717, 1.165) is 22.3 Å². The van der Waals surface area contributed by atoms with Crippen molar-refractivity contribution in [2.45, 2.75) is 0 Å². The molecule has 4 aromatic carbocycles. The SMILES string of the molecule is Nc1c(C(=O)c2ccccc2)ccc(-c2ccccc2)c1-c1ccccc1. The van der Waals surface area contributed by atoms with Crippen molar-refractivity contribution in [2.24, 2.45) is 0 Å². The van der Waals surface area contributed by atoms with Gasteiger partial charge in [0.15, 0.2) is 5.78 Å². The molecule has 0 saturated carbocycles. The number of rotatable bonds is 4. The lowest BCUT2D eigenvalue weighted by atomic mass is 9.89. The summed E-state index contributed by atoms with van der Waals surface area (Å²) < 4.78 is 0. The lowest BCUT2D eigenvalue weighted by Gasteiger charge is -2.16. The zero-order valence-electron chi connectivity index (χ0n) is 14.8. The normalized spacial score (nSPS) is 10.5. The highest BCUT2D eigenvalue weighted by atomic mass is 16.1. The number of nitrogens with two attached hydrogens (primary N) is 1. The summed E-state index contributed by atoms with van der Waals surface area (Å²) >= 11 is 0. The van der Waals surface area contributed by atoms with Crippen LogP contribution in [0.3, 0.4) is 0 Å². The third-order valence-electron chi connectivity index (χ3n) is 4.67. The summed E-state index contributed by atoms with van der Waals surface area (Å²) in [6, 6.07) is 33.2. The molecular formula is C25H19NO. The fourth-order valence-corrected chi connectivity index (χ4v) is 3.34. The van der Waals surface area contributed by atoms with E-state index in [2.05, 4.69) is 12.1 Å². The predicted octanol–water partition coefficient (Wildman–Crippen LogP) is 5.83. The first-order chi connectivity index (χ1) is 13.3. The van der Waals surface area contributed by atoms with Crippen molar-refractivity contribution in [3.05, 3.63) is 114 Å². The Hall–Kier alpha value is -3.65. The van der Waals surface area contributed by atoms with Crippen LogP contribution in [0.4, 0.5) is 5.69 Å². The number of carbonyl (C=O) groups excluding carboxylic acids is 1. The predicted molar refractivity (Wildman–Crippen MR) is 112 cm³/mol. The maximum Gasteiger partial charge on any atom is 0.195 e. The second-order valence-electron chi connectivity index (χ2n) is 6.38. The van der Waals surface area contributed by atoms with Crippen LogP contribution in [0.5, 0.6) is 0 Å². The molecule has 2 N–H and O–H groups in total. The number of benzene rings is 4. The van der Waals surface area contributed by atoms with Crippen LogP contribution in [0.2, 0.25) is 0 Å². The Bertz CT molecular complexity index is 1070. The van der Waals surface area contributed by atoms with E-state index in [1.807, 2.05) is 91.0 Å². The second-order valence-corrected chi connectivity index (χ2v) is 6.38. The number of ketones is 1. The zero-order valence-corrected chi connectivity index (χ0v) is 14.8. The summed E-state index contributed by atoms with van der Waals surface area (Å²) in [6.07, 6.45) is 0. The van der Waals surface area contributed by atoms with E-state index in [0.29, 0.717) is 16.8 Å². The molecule has 4 rings (SSSR count). The molecule has 4 aromatic rings. The summed E-state index contributed by atoms with van der Waals surface area (Å²) in [7, 11) is 0. The lowest BCUT2D eigenvalue weighted by Crippen LogP contribution is -2.07. The smallest absolute Gasteiger partial charge is 0.195 e. The van der Waals surface area contributed by atoms with Crippen LogP contribution in [0.15, 0.2) is 103 Å². The molecule has 2 nitrogen and oxygen atoms in total. The molecule has 0 bridgehead atoms. The fourth-order valence-electron chi connectivity index (χ4n) is 3.34. The topological polar surface area (TPSA) is 43.1 Å². The summed E-state index contributed by atoms with van der Waals surface area (Å²) in [5.74, 6) is -0.0649. The van der Waals surface area contributed by atoms with Crippen molar-refractivity contribution in [3.8, 4) is 22.3 Å². The van der Waals surface area contributed by atoms with Gasteiger partial charge >= 0.3 is 0 Å². The molecule has 0 spiro atoms. The molecule has 2 heteroatoms. The van der Waals surface area contributed by atoms with Gasteiger partial charge in [-0.05, 0) is 22.8 Å². The molecule has 0 aliphatic rings. The Morgan fingerprint density at radius 2 is 1.11 bits per heavy atom. The van der Waals surface area contributed by atoms with Gasteiger partial charge in [0.25, 0.3) is 0 Å². The largest absolute Gasteiger partial charge is 0.398 e. The van der Waals surface area contributed by atoms with Gasteiger partial charge in [-0.2, -0.15) is 0 Å². The van der Waals surface area contributed by atoms with E-state index < -0.39 is 0 Å². The molecule has 0 heterocycles. The maximum atomic E-state index is 13.0. The Labute approximate surface area is 158 Å². The third-order valence-corrected chi connectivity index (χ3v) is 4.67. The van der Waals surface area contributed by atoms with Gasteiger partial charge in [0, 0.05) is 16.7 Å². The first-order valence-electron chi connectivity index (χ1n) is 8.89. The number of hydrogen-bond acceptors (Lipinski definition) is 2. The molecule has 0 aromatic heterocycles. The van der Waals surface area contributed by atoms with Crippen LogP contribution < -0.4 is 5.73 Å². The van der Waals surface area contributed by atoms with Crippen molar-refractivity contribution in [1.29, 1.82) is 0 Å². The molecule has 0 unspecified atom stereocenters. The van der Waals surface area contributed by atoms with E-state index in [1.54, 1.807) is 0 Å². The Kier molecular flexibility index (Phi) is 4.54. The minimum atomic E-state index is -0.0649. The summed E-state index contributed by atoms with van der Waals surface area (Å²) in [6.45, 7) is 0. The van der Waals surface area contributed by atoms with Gasteiger partial charge < -0.3 is 5.73 Å². The second kappa shape index (κ2) is 7.30. The van der Waals surface area contributed by atoms with Crippen LogP contribution in [0.1, 0.15) is 15.9 Å². The average molecular weight is 349 g/mol. The summed E-state index contributed by atoms with van der Waals surface area (Å²) in [5.41, 5.74) is 12.2. The van der Waals surface area contributed by atoms with Crippen molar-refractivity contribution >= 4 is 11.5 Å². The average Bonchev–Trinajstić information content (AvgIpc) is 2.75. The van der Waals surface area contributed by atoms with Crippen molar-refractivity contribution < 1.29 is 4.79 Å². The molecule has 0 amide bonds. The van der Waals surface area contributed by atoms with Gasteiger partial charge in [-0.1, -0.05) is 97.1 Å². The number of carbonyl (C=O) groups is 1. The van der Waals surface area contributed by atoms with Crippen LogP contribution in [-0.4, -0.2) is 5.78 Å². The van der Waals surface area contributed by atoms with Crippen LogP contribution >= 0.6 is 0 Å². The molecule has 130 valence electrons. The molecule has 0 aliphatic heterocycles. The Balaban J connectivity index is 1.94.